The number of nitrogens with two attached hydrogens (primary N) is 1. The largest absolute Gasteiger partial charge is 0.496 e. The van der Waals surface area contributed by atoms with Crippen LogP contribution in [0.1, 0.15) is 31.2 Å². The smallest absolute Gasteiger partial charge is 0.224 e. The second-order valence-corrected chi connectivity index (χ2v) is 6.51. The van der Waals surface area contributed by atoms with Crippen LogP contribution in [0, 0.1) is 0 Å². The zero-order chi connectivity index (χ0) is 14.8. The third-order valence-electron chi connectivity index (χ3n) is 3.93. The van der Waals surface area contributed by atoms with Crippen molar-refractivity contribution in [2.24, 2.45) is 5.73 Å². The van der Waals surface area contributed by atoms with E-state index in [2.05, 4.69) is 15.9 Å². The Morgan fingerprint density at radius 3 is 2.75 bits per heavy atom. The predicted octanol–water partition coefficient (Wildman–Crippen LogP) is 2.69. The van der Waals surface area contributed by atoms with Gasteiger partial charge in [-0.25, -0.2) is 0 Å². The average Bonchev–Trinajstić information content (AvgIpc) is 2.37. The van der Waals surface area contributed by atoms with E-state index < -0.39 is 0 Å². The Hall–Kier alpha value is -1.07. The number of methoxy groups -OCH3 is 1. The maximum Gasteiger partial charge on any atom is 0.224 e. The second kappa shape index (κ2) is 6.14. The molecule has 1 saturated carbocycles. The van der Waals surface area contributed by atoms with Gasteiger partial charge in [-0.2, -0.15) is 0 Å². The molecule has 0 aliphatic heterocycles. The summed E-state index contributed by atoms with van der Waals surface area (Å²) in [4.78, 5) is 14.0. The molecule has 1 aromatic carbocycles. The van der Waals surface area contributed by atoms with Gasteiger partial charge in [0.2, 0.25) is 5.91 Å². The molecule has 1 aromatic rings. The first-order chi connectivity index (χ1) is 9.43. The molecule has 110 valence electrons. The first-order valence-corrected chi connectivity index (χ1v) is 7.58. The lowest BCUT2D eigenvalue weighted by molar-refractivity contribution is -0.132. The van der Waals surface area contributed by atoms with E-state index in [0.29, 0.717) is 13.0 Å². The summed E-state index contributed by atoms with van der Waals surface area (Å²) in [6, 6.07) is 5.80. The molecule has 20 heavy (non-hydrogen) atoms. The van der Waals surface area contributed by atoms with Crippen molar-refractivity contribution in [2.75, 3.05) is 14.2 Å². The number of hydrogen-bond donors (Lipinski definition) is 1. The van der Waals surface area contributed by atoms with Gasteiger partial charge in [0.25, 0.3) is 0 Å². The summed E-state index contributed by atoms with van der Waals surface area (Å²) in [7, 11) is 3.45. The lowest BCUT2D eigenvalue weighted by Crippen LogP contribution is -2.50. The van der Waals surface area contributed by atoms with Crippen molar-refractivity contribution in [1.82, 2.24) is 4.90 Å². The van der Waals surface area contributed by atoms with Crippen LogP contribution in [0.25, 0.3) is 0 Å². The maximum atomic E-state index is 12.2. The Morgan fingerprint density at radius 1 is 1.50 bits per heavy atom. The highest BCUT2D eigenvalue weighted by Crippen LogP contribution is 2.33. The number of carbonyl (C=O) groups excluding carboxylic acids is 1. The fraction of sp³-hybridized carbons (Fsp3) is 0.533. The van der Waals surface area contributed by atoms with Gasteiger partial charge in [0.05, 0.1) is 7.11 Å². The van der Waals surface area contributed by atoms with E-state index in [-0.39, 0.29) is 11.4 Å². The van der Waals surface area contributed by atoms with Crippen LogP contribution in [0.2, 0.25) is 0 Å². The van der Waals surface area contributed by atoms with Gasteiger partial charge in [0, 0.05) is 35.6 Å². The molecular formula is C15H21BrN2O2. The van der Waals surface area contributed by atoms with E-state index in [1.807, 2.05) is 25.2 Å². The molecule has 0 heterocycles. The Morgan fingerprint density at radius 2 is 2.20 bits per heavy atom. The molecule has 1 aliphatic carbocycles. The van der Waals surface area contributed by atoms with Crippen LogP contribution >= 0.6 is 15.9 Å². The minimum Gasteiger partial charge on any atom is -0.496 e. The fourth-order valence-electron chi connectivity index (χ4n) is 2.46. The summed E-state index contributed by atoms with van der Waals surface area (Å²) in [6.07, 6.45) is 3.46. The van der Waals surface area contributed by atoms with Crippen molar-refractivity contribution >= 4 is 21.8 Å². The number of hydrogen-bond acceptors (Lipinski definition) is 3. The molecule has 0 spiro atoms. The molecule has 0 radical (unpaired) electrons. The van der Waals surface area contributed by atoms with Crippen molar-refractivity contribution in [3.05, 3.63) is 28.2 Å². The fourth-order valence-corrected chi connectivity index (χ4v) is 2.87. The summed E-state index contributed by atoms with van der Waals surface area (Å²) in [5.41, 5.74) is 6.85. The number of rotatable bonds is 5. The zero-order valence-electron chi connectivity index (χ0n) is 12.0. The van der Waals surface area contributed by atoms with Crippen LogP contribution in [0.5, 0.6) is 5.75 Å². The third-order valence-corrected chi connectivity index (χ3v) is 4.42. The van der Waals surface area contributed by atoms with Gasteiger partial charge in [0.15, 0.2) is 0 Å². The van der Waals surface area contributed by atoms with Crippen molar-refractivity contribution in [1.29, 1.82) is 0 Å². The Kier molecular flexibility index (Phi) is 4.70. The SMILES string of the molecule is COc1ccc(Br)cc1CN(C)C(=O)CC1(N)CCC1. The topological polar surface area (TPSA) is 55.6 Å². The highest BCUT2D eigenvalue weighted by atomic mass is 79.9. The molecule has 5 heteroatoms. The summed E-state index contributed by atoms with van der Waals surface area (Å²) in [5.74, 6) is 0.883. The predicted molar refractivity (Wildman–Crippen MR) is 82.6 cm³/mol. The van der Waals surface area contributed by atoms with Gasteiger partial charge in [-0.15, -0.1) is 0 Å². The third kappa shape index (κ3) is 3.52. The van der Waals surface area contributed by atoms with Crippen molar-refractivity contribution in [2.45, 2.75) is 37.8 Å². The highest BCUT2D eigenvalue weighted by Gasteiger charge is 2.35. The normalized spacial score (nSPS) is 16.4. The van der Waals surface area contributed by atoms with Crippen molar-refractivity contribution in [3.63, 3.8) is 0 Å². The van der Waals surface area contributed by atoms with E-state index in [9.17, 15) is 4.79 Å². The van der Waals surface area contributed by atoms with Crippen LogP contribution in [-0.2, 0) is 11.3 Å². The summed E-state index contributed by atoms with van der Waals surface area (Å²) in [6.45, 7) is 0.525. The van der Waals surface area contributed by atoms with Gasteiger partial charge in [-0.05, 0) is 37.5 Å². The van der Waals surface area contributed by atoms with E-state index in [4.69, 9.17) is 10.5 Å². The molecular weight excluding hydrogens is 320 g/mol. The molecule has 2 N–H and O–H groups in total. The summed E-state index contributed by atoms with van der Waals surface area (Å²) < 4.78 is 6.31. The van der Waals surface area contributed by atoms with Crippen molar-refractivity contribution in [3.8, 4) is 5.75 Å². The molecule has 0 saturated heterocycles. The molecule has 1 aliphatic rings. The Labute approximate surface area is 128 Å². The number of carbonyl (C=O) groups is 1. The van der Waals surface area contributed by atoms with E-state index in [1.165, 1.54) is 0 Å². The Balaban J connectivity index is 2.01. The van der Waals surface area contributed by atoms with Gasteiger partial charge in [0.1, 0.15) is 5.75 Å². The zero-order valence-corrected chi connectivity index (χ0v) is 13.6. The molecule has 2 rings (SSSR count). The van der Waals surface area contributed by atoms with Gasteiger partial charge < -0.3 is 15.4 Å². The van der Waals surface area contributed by atoms with Crippen molar-refractivity contribution < 1.29 is 9.53 Å². The second-order valence-electron chi connectivity index (χ2n) is 5.60. The van der Waals surface area contributed by atoms with Gasteiger partial charge in [-0.3, -0.25) is 4.79 Å². The average molecular weight is 341 g/mol. The maximum absolute atomic E-state index is 12.2. The molecule has 0 atom stereocenters. The molecule has 1 amide bonds. The number of amides is 1. The Bertz CT molecular complexity index is 501. The van der Waals surface area contributed by atoms with Crippen LogP contribution in [0.4, 0.5) is 0 Å². The number of halogens is 1. The monoisotopic (exact) mass is 340 g/mol. The van der Waals surface area contributed by atoms with E-state index in [0.717, 1.165) is 35.0 Å². The van der Waals surface area contributed by atoms with E-state index >= 15 is 0 Å². The lowest BCUT2D eigenvalue weighted by atomic mass is 9.75. The van der Waals surface area contributed by atoms with Crippen LogP contribution in [0.3, 0.4) is 0 Å². The van der Waals surface area contributed by atoms with Crippen LogP contribution in [-0.4, -0.2) is 30.5 Å². The number of benzene rings is 1. The lowest BCUT2D eigenvalue weighted by Gasteiger charge is -2.38. The highest BCUT2D eigenvalue weighted by molar-refractivity contribution is 9.10. The molecule has 0 unspecified atom stereocenters. The van der Waals surface area contributed by atoms with Gasteiger partial charge in [-0.1, -0.05) is 15.9 Å². The number of ether oxygens (including phenoxy) is 1. The molecule has 1 fully saturated rings. The summed E-state index contributed by atoms with van der Waals surface area (Å²) in [5, 5.41) is 0. The first-order valence-electron chi connectivity index (χ1n) is 6.79. The molecule has 0 bridgehead atoms. The molecule has 4 nitrogen and oxygen atoms in total. The molecule has 0 aromatic heterocycles. The standard InChI is InChI=1S/C15H21BrN2O2/c1-18(14(19)9-15(17)6-3-7-15)10-11-8-12(16)4-5-13(11)20-2/h4-5,8H,3,6-7,9-10,17H2,1-2H3. The summed E-state index contributed by atoms with van der Waals surface area (Å²) >= 11 is 3.44. The number of nitrogens with zero attached hydrogens (tertiary/aromatic N) is 1. The van der Waals surface area contributed by atoms with Crippen LogP contribution < -0.4 is 10.5 Å². The quantitative estimate of drug-likeness (QED) is 0.896. The van der Waals surface area contributed by atoms with Crippen LogP contribution in [0.15, 0.2) is 22.7 Å². The van der Waals surface area contributed by atoms with Gasteiger partial charge >= 0.3 is 0 Å². The first kappa shape index (κ1) is 15.3. The minimum absolute atomic E-state index is 0.0919. The van der Waals surface area contributed by atoms with E-state index in [1.54, 1.807) is 12.0 Å². The minimum atomic E-state index is -0.271.